The second kappa shape index (κ2) is 5.68. The smallest absolute Gasteiger partial charge is 0.429 e. The third-order valence-electron chi connectivity index (χ3n) is 3.11. The van der Waals surface area contributed by atoms with Crippen molar-refractivity contribution < 1.29 is 28.7 Å². The lowest BCUT2D eigenvalue weighted by atomic mass is 9.91. The first-order valence-electron chi connectivity index (χ1n) is 5.67. The number of Topliss-reactive ketones (excluding diaryl/α,β-unsaturated/α-hetero) is 2. The highest BCUT2D eigenvalue weighted by molar-refractivity contribution is 6.13. The highest BCUT2D eigenvalue weighted by Gasteiger charge is 2.54. The third kappa shape index (κ3) is 2.51. The van der Waals surface area contributed by atoms with Crippen molar-refractivity contribution in [2.75, 3.05) is 14.2 Å². The van der Waals surface area contributed by atoms with Gasteiger partial charge in [0.05, 0.1) is 14.2 Å². The van der Waals surface area contributed by atoms with Crippen LogP contribution in [0.15, 0.2) is 0 Å². The summed E-state index contributed by atoms with van der Waals surface area (Å²) in [5.41, 5.74) is 0.361. The van der Waals surface area contributed by atoms with E-state index in [4.69, 9.17) is 0 Å². The van der Waals surface area contributed by atoms with Crippen LogP contribution in [-0.4, -0.2) is 48.5 Å². The number of ether oxygens (including phenoxy) is 2. The summed E-state index contributed by atoms with van der Waals surface area (Å²) in [4.78, 5) is 46.9. The van der Waals surface area contributed by atoms with Gasteiger partial charge in [0.1, 0.15) is 0 Å². The summed E-state index contributed by atoms with van der Waals surface area (Å²) >= 11 is 0. The van der Waals surface area contributed by atoms with Gasteiger partial charge in [0, 0.05) is 6.42 Å². The Morgan fingerprint density at radius 2 is 1.89 bits per heavy atom. The van der Waals surface area contributed by atoms with Crippen molar-refractivity contribution in [1.29, 1.82) is 0 Å². The molecule has 1 saturated carbocycles. The Bertz CT molecular complexity index is 421. The van der Waals surface area contributed by atoms with Gasteiger partial charge in [0.2, 0.25) is 0 Å². The minimum atomic E-state index is -1.71. The largest absolute Gasteiger partial charge is 0.452 e. The molecule has 0 aromatic heterocycles. The molecule has 0 saturated heterocycles. The van der Waals surface area contributed by atoms with Crippen LogP contribution in [0.5, 0.6) is 0 Å². The average molecular weight is 272 g/mol. The van der Waals surface area contributed by atoms with Gasteiger partial charge in [0.25, 0.3) is 0 Å². The van der Waals surface area contributed by atoms with Crippen LogP contribution >= 0.6 is 0 Å². The highest BCUT2D eigenvalue weighted by atomic mass is 16.6. The van der Waals surface area contributed by atoms with Crippen molar-refractivity contribution in [3.8, 4) is 0 Å². The maximum Gasteiger partial charge on any atom is 0.429 e. The predicted molar refractivity (Wildman–Crippen MR) is 62.1 cm³/mol. The van der Waals surface area contributed by atoms with E-state index in [0.717, 1.165) is 14.2 Å². The van der Waals surface area contributed by atoms with Gasteiger partial charge in [0.15, 0.2) is 17.1 Å². The SMILES string of the molecule is COC(=O)NN(C(=O)OC)[C@@]1(C(C)=O)CCCC1=O. The van der Waals surface area contributed by atoms with Crippen LogP contribution in [0.2, 0.25) is 0 Å². The molecule has 19 heavy (non-hydrogen) atoms. The molecule has 1 fully saturated rings. The number of carbonyl (C=O) groups is 4. The quantitative estimate of drug-likeness (QED) is 0.577. The van der Waals surface area contributed by atoms with E-state index < -0.39 is 29.3 Å². The molecule has 8 nitrogen and oxygen atoms in total. The number of amides is 2. The fraction of sp³-hybridized carbons (Fsp3) is 0.636. The summed E-state index contributed by atoms with van der Waals surface area (Å²) in [5.74, 6) is -0.960. The van der Waals surface area contributed by atoms with Crippen molar-refractivity contribution in [3.05, 3.63) is 0 Å². The molecule has 0 unspecified atom stereocenters. The molecule has 0 aromatic rings. The van der Waals surface area contributed by atoms with Crippen LogP contribution in [0.25, 0.3) is 0 Å². The maximum atomic E-state index is 12.0. The molecule has 1 aliphatic carbocycles. The zero-order valence-electron chi connectivity index (χ0n) is 11.0. The molecule has 1 aliphatic rings. The second-order valence-corrected chi connectivity index (χ2v) is 4.10. The number of nitrogens with zero attached hydrogens (tertiary/aromatic N) is 1. The van der Waals surface area contributed by atoms with E-state index in [-0.39, 0.29) is 12.8 Å². The molecule has 0 radical (unpaired) electrons. The van der Waals surface area contributed by atoms with Crippen molar-refractivity contribution >= 4 is 23.8 Å². The van der Waals surface area contributed by atoms with Crippen LogP contribution in [-0.2, 0) is 19.1 Å². The van der Waals surface area contributed by atoms with Gasteiger partial charge in [-0.25, -0.2) is 15.0 Å². The number of carbonyl (C=O) groups excluding carboxylic acids is 4. The van der Waals surface area contributed by atoms with Gasteiger partial charge in [-0.05, 0) is 19.8 Å². The Labute approximate surface area is 110 Å². The van der Waals surface area contributed by atoms with E-state index in [1.165, 1.54) is 6.92 Å². The fourth-order valence-corrected chi connectivity index (χ4v) is 2.14. The molecule has 2 amide bonds. The summed E-state index contributed by atoms with van der Waals surface area (Å²) in [7, 11) is 2.18. The van der Waals surface area contributed by atoms with Crippen LogP contribution in [0.3, 0.4) is 0 Å². The zero-order chi connectivity index (χ0) is 14.6. The molecular weight excluding hydrogens is 256 g/mol. The van der Waals surface area contributed by atoms with Crippen LogP contribution in [0, 0.1) is 0 Å². The van der Waals surface area contributed by atoms with E-state index in [9.17, 15) is 19.2 Å². The molecule has 1 N–H and O–H groups in total. The molecule has 1 rings (SSSR count). The van der Waals surface area contributed by atoms with E-state index in [1.54, 1.807) is 0 Å². The van der Waals surface area contributed by atoms with Gasteiger partial charge in [-0.3, -0.25) is 9.59 Å². The lowest BCUT2D eigenvalue weighted by Crippen LogP contribution is -2.65. The van der Waals surface area contributed by atoms with Gasteiger partial charge in [-0.15, -0.1) is 0 Å². The number of hydrogen-bond donors (Lipinski definition) is 1. The summed E-state index contributed by atoms with van der Waals surface area (Å²) in [5, 5.41) is 0.622. The minimum absolute atomic E-state index is 0.139. The molecular formula is C11H16N2O6. The maximum absolute atomic E-state index is 12.0. The van der Waals surface area contributed by atoms with Gasteiger partial charge in [-0.2, -0.15) is 5.01 Å². The lowest BCUT2D eigenvalue weighted by Gasteiger charge is -2.35. The lowest BCUT2D eigenvalue weighted by molar-refractivity contribution is -0.140. The number of hydrazine groups is 1. The number of rotatable bonds is 2. The first-order chi connectivity index (χ1) is 8.90. The summed E-state index contributed by atoms with van der Waals surface area (Å²) in [6.07, 6.45) is -1.22. The van der Waals surface area contributed by atoms with Crippen molar-refractivity contribution in [1.82, 2.24) is 10.4 Å². The number of methoxy groups -OCH3 is 2. The van der Waals surface area contributed by atoms with E-state index in [1.807, 2.05) is 0 Å². The Morgan fingerprint density at radius 3 is 2.26 bits per heavy atom. The highest BCUT2D eigenvalue weighted by Crippen LogP contribution is 2.32. The van der Waals surface area contributed by atoms with Crippen LogP contribution < -0.4 is 5.43 Å². The Kier molecular flexibility index (Phi) is 4.47. The first-order valence-corrected chi connectivity index (χ1v) is 5.67. The zero-order valence-corrected chi connectivity index (χ0v) is 11.0. The third-order valence-corrected chi connectivity index (χ3v) is 3.11. The minimum Gasteiger partial charge on any atom is -0.452 e. The Balaban J connectivity index is 3.19. The standard InChI is InChI=1S/C11H16N2O6/c1-7(14)11(6-4-5-8(11)15)13(10(17)19-3)12-9(16)18-2/h4-6H2,1-3H3,(H,12,16)/t11-/m1/s1. The second-order valence-electron chi connectivity index (χ2n) is 4.10. The fourth-order valence-electron chi connectivity index (χ4n) is 2.14. The van der Waals surface area contributed by atoms with E-state index in [2.05, 4.69) is 14.9 Å². The van der Waals surface area contributed by atoms with Crippen LogP contribution in [0.1, 0.15) is 26.2 Å². The molecule has 0 heterocycles. The Morgan fingerprint density at radius 1 is 1.26 bits per heavy atom. The van der Waals surface area contributed by atoms with Crippen molar-refractivity contribution in [2.45, 2.75) is 31.7 Å². The summed E-state index contributed by atoms with van der Waals surface area (Å²) in [6, 6.07) is 0. The number of nitrogens with one attached hydrogen (secondary N) is 1. The number of ketones is 2. The molecule has 0 aromatic carbocycles. The summed E-state index contributed by atoms with van der Waals surface area (Å²) < 4.78 is 8.88. The summed E-state index contributed by atoms with van der Waals surface area (Å²) in [6.45, 7) is 1.19. The first kappa shape index (κ1) is 14.9. The number of hydrogen-bond acceptors (Lipinski definition) is 6. The average Bonchev–Trinajstić information content (AvgIpc) is 2.77. The molecule has 0 spiro atoms. The molecule has 106 valence electrons. The topological polar surface area (TPSA) is 102 Å². The predicted octanol–water partition coefficient (Wildman–Crippen LogP) is 0.407. The van der Waals surface area contributed by atoms with E-state index >= 15 is 0 Å². The molecule has 8 heteroatoms. The molecule has 0 aliphatic heterocycles. The molecule has 1 atom stereocenters. The van der Waals surface area contributed by atoms with Crippen LogP contribution in [0.4, 0.5) is 9.59 Å². The van der Waals surface area contributed by atoms with Gasteiger partial charge in [-0.1, -0.05) is 0 Å². The monoisotopic (exact) mass is 272 g/mol. The normalized spacial score (nSPS) is 21.7. The van der Waals surface area contributed by atoms with Crippen molar-refractivity contribution in [3.63, 3.8) is 0 Å². The Hall–Kier alpha value is -2.12. The van der Waals surface area contributed by atoms with E-state index in [0.29, 0.717) is 11.4 Å². The van der Waals surface area contributed by atoms with Gasteiger partial charge < -0.3 is 9.47 Å². The molecule has 0 bridgehead atoms. The van der Waals surface area contributed by atoms with Crippen molar-refractivity contribution in [2.24, 2.45) is 0 Å². The van der Waals surface area contributed by atoms with Gasteiger partial charge >= 0.3 is 12.2 Å².